The van der Waals surface area contributed by atoms with E-state index in [1.807, 2.05) is 6.92 Å². The van der Waals surface area contributed by atoms with Gasteiger partial charge in [0.15, 0.2) is 6.61 Å². The highest BCUT2D eigenvalue weighted by Crippen LogP contribution is 2.28. The molecule has 0 saturated heterocycles. The van der Waals surface area contributed by atoms with Crippen LogP contribution in [0.1, 0.15) is 23.7 Å². The van der Waals surface area contributed by atoms with Crippen LogP contribution in [0.4, 0.5) is 5.69 Å². The molecule has 0 spiro atoms. The van der Waals surface area contributed by atoms with E-state index in [2.05, 4.69) is 10.6 Å². The number of benzene rings is 1. The van der Waals surface area contributed by atoms with Crippen molar-refractivity contribution in [2.75, 3.05) is 18.5 Å². The lowest BCUT2D eigenvalue weighted by atomic mass is 10.1. The van der Waals surface area contributed by atoms with Crippen molar-refractivity contribution in [3.63, 3.8) is 0 Å². The van der Waals surface area contributed by atoms with Gasteiger partial charge in [-0.15, -0.1) is 0 Å². The molecule has 1 aromatic rings. The fraction of sp³-hybridized carbons (Fsp3) is 0.385. The van der Waals surface area contributed by atoms with E-state index >= 15 is 0 Å². The molecule has 1 aliphatic heterocycles. The van der Waals surface area contributed by atoms with Crippen LogP contribution in [0, 0.1) is 0 Å². The molecule has 6 nitrogen and oxygen atoms in total. The molecule has 3 N–H and O–H groups in total. The van der Waals surface area contributed by atoms with Gasteiger partial charge in [0.25, 0.3) is 11.8 Å². The molecule has 0 radical (unpaired) electrons. The van der Waals surface area contributed by atoms with Gasteiger partial charge >= 0.3 is 0 Å². The fourth-order valence-electron chi connectivity index (χ4n) is 1.80. The first-order chi connectivity index (χ1) is 9.10. The summed E-state index contributed by atoms with van der Waals surface area (Å²) in [6.45, 7) is 1.83. The first-order valence-corrected chi connectivity index (χ1v) is 6.08. The molecule has 1 atom stereocenters. The molecular weight excluding hydrogens is 248 g/mol. The van der Waals surface area contributed by atoms with Crippen molar-refractivity contribution in [1.82, 2.24) is 5.32 Å². The molecule has 0 bridgehead atoms. The van der Waals surface area contributed by atoms with Crippen molar-refractivity contribution in [1.29, 1.82) is 0 Å². The van der Waals surface area contributed by atoms with Crippen molar-refractivity contribution in [3.8, 4) is 5.75 Å². The number of carbonyl (C=O) groups excluding carboxylic acids is 2. The number of carbonyl (C=O) groups is 2. The van der Waals surface area contributed by atoms with Crippen LogP contribution in [0.15, 0.2) is 18.2 Å². The smallest absolute Gasteiger partial charge is 0.262 e. The lowest BCUT2D eigenvalue weighted by Crippen LogP contribution is -2.33. The van der Waals surface area contributed by atoms with Gasteiger partial charge in [0.1, 0.15) is 5.75 Å². The Morgan fingerprint density at radius 1 is 1.58 bits per heavy atom. The topological polar surface area (TPSA) is 87.7 Å². The average Bonchev–Trinajstić information content (AvgIpc) is 2.38. The van der Waals surface area contributed by atoms with Crippen LogP contribution >= 0.6 is 0 Å². The third kappa shape index (κ3) is 3.23. The number of rotatable bonds is 4. The van der Waals surface area contributed by atoms with Crippen LogP contribution in [-0.2, 0) is 4.79 Å². The minimum Gasteiger partial charge on any atom is -0.482 e. The number of hydrogen-bond acceptors (Lipinski definition) is 4. The summed E-state index contributed by atoms with van der Waals surface area (Å²) in [7, 11) is 0. The highest BCUT2D eigenvalue weighted by Gasteiger charge is 2.18. The number of aliphatic hydroxyl groups is 1. The summed E-state index contributed by atoms with van der Waals surface area (Å²) in [4.78, 5) is 23.2. The molecule has 0 fully saturated rings. The van der Waals surface area contributed by atoms with Crippen LogP contribution in [-0.4, -0.2) is 36.2 Å². The van der Waals surface area contributed by atoms with Gasteiger partial charge in [-0.2, -0.15) is 0 Å². The molecule has 102 valence electrons. The number of nitrogens with one attached hydrogen (secondary N) is 2. The van der Waals surface area contributed by atoms with E-state index in [1.165, 1.54) is 0 Å². The van der Waals surface area contributed by atoms with E-state index in [1.54, 1.807) is 18.2 Å². The summed E-state index contributed by atoms with van der Waals surface area (Å²) < 4.78 is 5.21. The first kappa shape index (κ1) is 13.4. The normalized spacial score (nSPS) is 14.9. The predicted molar refractivity (Wildman–Crippen MR) is 69.2 cm³/mol. The van der Waals surface area contributed by atoms with Crippen molar-refractivity contribution < 1.29 is 19.4 Å². The lowest BCUT2D eigenvalue weighted by Gasteiger charge is -2.19. The Kier molecular flexibility index (Phi) is 4.01. The second-order valence-corrected chi connectivity index (χ2v) is 4.43. The van der Waals surface area contributed by atoms with Crippen molar-refractivity contribution >= 4 is 17.5 Å². The van der Waals surface area contributed by atoms with E-state index in [4.69, 9.17) is 9.84 Å². The minimum atomic E-state index is -0.247. The number of hydrogen-bond donors (Lipinski definition) is 3. The Hall–Kier alpha value is -2.08. The molecule has 6 heteroatoms. The molecular formula is C13H16N2O4. The molecule has 0 aliphatic carbocycles. The Morgan fingerprint density at radius 2 is 2.37 bits per heavy atom. The summed E-state index contributed by atoms with van der Waals surface area (Å²) in [5.74, 6) is 0.0711. The Morgan fingerprint density at radius 3 is 3.11 bits per heavy atom. The average molecular weight is 264 g/mol. The Balaban J connectivity index is 2.11. The fourth-order valence-corrected chi connectivity index (χ4v) is 1.80. The molecule has 1 aromatic carbocycles. The number of fused-ring (bicyclic) bond motifs is 1. The summed E-state index contributed by atoms with van der Waals surface area (Å²) in [6.07, 6.45) is 0.497. The standard InChI is InChI=1S/C13H16N2O4/c1-8(4-5-16)14-13(18)9-2-3-11-10(6-9)15-12(17)7-19-11/h2-3,6,8,16H,4-5,7H2,1H3,(H,14,18)(H,15,17). The molecule has 19 heavy (non-hydrogen) atoms. The van der Waals surface area contributed by atoms with Crippen LogP contribution in [0.2, 0.25) is 0 Å². The molecule has 1 unspecified atom stereocenters. The largest absolute Gasteiger partial charge is 0.482 e. The van der Waals surface area contributed by atoms with Gasteiger partial charge in [0.05, 0.1) is 5.69 Å². The van der Waals surface area contributed by atoms with E-state index in [0.29, 0.717) is 23.4 Å². The predicted octanol–water partition coefficient (Wildman–Crippen LogP) is 0.518. The maximum absolute atomic E-state index is 12.0. The van der Waals surface area contributed by atoms with Crippen LogP contribution in [0.5, 0.6) is 5.75 Å². The maximum atomic E-state index is 12.0. The second-order valence-electron chi connectivity index (χ2n) is 4.43. The van der Waals surface area contributed by atoms with Gasteiger partial charge in [-0.1, -0.05) is 0 Å². The SMILES string of the molecule is CC(CCO)NC(=O)c1ccc2c(c1)NC(=O)CO2. The minimum absolute atomic E-state index is 0.00786. The Bertz CT molecular complexity index is 501. The molecule has 1 aliphatic rings. The summed E-state index contributed by atoms with van der Waals surface area (Å²) in [6, 6.07) is 4.75. The zero-order valence-electron chi connectivity index (χ0n) is 10.6. The van der Waals surface area contributed by atoms with Gasteiger partial charge in [0.2, 0.25) is 0 Å². The Labute approximate surface area is 110 Å². The number of ether oxygens (including phenoxy) is 1. The van der Waals surface area contributed by atoms with Gasteiger partial charge in [-0.05, 0) is 31.5 Å². The van der Waals surface area contributed by atoms with E-state index in [0.717, 1.165) is 0 Å². The third-order valence-corrected chi connectivity index (χ3v) is 2.81. The van der Waals surface area contributed by atoms with E-state index in [9.17, 15) is 9.59 Å². The van der Waals surface area contributed by atoms with Crippen LogP contribution in [0.3, 0.4) is 0 Å². The number of anilines is 1. The van der Waals surface area contributed by atoms with Gasteiger partial charge in [-0.25, -0.2) is 0 Å². The maximum Gasteiger partial charge on any atom is 0.262 e. The number of aliphatic hydroxyl groups excluding tert-OH is 1. The summed E-state index contributed by atoms with van der Waals surface area (Å²) >= 11 is 0. The van der Waals surface area contributed by atoms with Crippen molar-refractivity contribution in [2.45, 2.75) is 19.4 Å². The van der Waals surface area contributed by atoms with Gasteiger partial charge < -0.3 is 20.5 Å². The zero-order valence-corrected chi connectivity index (χ0v) is 10.6. The van der Waals surface area contributed by atoms with Gasteiger partial charge in [-0.3, -0.25) is 9.59 Å². The molecule has 1 heterocycles. The number of amides is 2. The molecule has 2 amide bonds. The van der Waals surface area contributed by atoms with E-state index in [-0.39, 0.29) is 31.1 Å². The third-order valence-electron chi connectivity index (χ3n) is 2.81. The molecule has 0 saturated carbocycles. The zero-order chi connectivity index (χ0) is 13.8. The quantitative estimate of drug-likeness (QED) is 0.739. The van der Waals surface area contributed by atoms with Gasteiger partial charge in [0, 0.05) is 18.2 Å². The monoisotopic (exact) mass is 264 g/mol. The molecule has 0 aromatic heterocycles. The lowest BCUT2D eigenvalue weighted by molar-refractivity contribution is -0.118. The van der Waals surface area contributed by atoms with Crippen molar-refractivity contribution in [3.05, 3.63) is 23.8 Å². The summed E-state index contributed by atoms with van der Waals surface area (Å²) in [5, 5.41) is 14.2. The molecule has 2 rings (SSSR count). The van der Waals surface area contributed by atoms with E-state index < -0.39 is 0 Å². The van der Waals surface area contributed by atoms with Crippen LogP contribution in [0.25, 0.3) is 0 Å². The van der Waals surface area contributed by atoms with Crippen LogP contribution < -0.4 is 15.4 Å². The first-order valence-electron chi connectivity index (χ1n) is 6.08. The summed E-state index contributed by atoms with van der Waals surface area (Å²) in [5.41, 5.74) is 0.938. The highest BCUT2D eigenvalue weighted by molar-refractivity contribution is 5.99. The highest BCUT2D eigenvalue weighted by atomic mass is 16.5. The van der Waals surface area contributed by atoms with Crippen molar-refractivity contribution in [2.24, 2.45) is 0 Å². The second kappa shape index (κ2) is 5.71.